The first-order valence-electron chi connectivity index (χ1n) is 15.8. The van der Waals surface area contributed by atoms with Crippen molar-refractivity contribution < 1.29 is 37.7 Å². The van der Waals surface area contributed by atoms with Crippen molar-refractivity contribution in [1.29, 1.82) is 0 Å². The number of rotatable bonds is 14. The van der Waals surface area contributed by atoms with Gasteiger partial charge in [-0.05, 0) is 81.3 Å². The molecule has 0 aromatic heterocycles. The summed E-state index contributed by atoms with van der Waals surface area (Å²) in [4.78, 5) is 39.6. The highest BCUT2D eigenvalue weighted by atomic mass is 31.2. The van der Waals surface area contributed by atoms with Crippen molar-refractivity contribution in [3.63, 3.8) is 0 Å². The third-order valence-corrected chi connectivity index (χ3v) is 12.0. The van der Waals surface area contributed by atoms with Crippen LogP contribution in [0.15, 0.2) is 60.7 Å². The zero-order valence-corrected chi connectivity index (χ0v) is 26.5. The highest BCUT2D eigenvalue weighted by molar-refractivity contribution is 7.59. The van der Waals surface area contributed by atoms with E-state index < -0.39 is 48.9 Å². The molecule has 0 heterocycles. The summed E-state index contributed by atoms with van der Waals surface area (Å²) in [6.45, 7) is 3.42. The van der Waals surface area contributed by atoms with Gasteiger partial charge in [-0.2, -0.15) is 0 Å². The van der Waals surface area contributed by atoms with Gasteiger partial charge in [0.2, 0.25) is 7.37 Å². The van der Waals surface area contributed by atoms with E-state index in [4.69, 9.17) is 18.7 Å². The van der Waals surface area contributed by atoms with Gasteiger partial charge < -0.3 is 24.1 Å². The molecule has 4 aliphatic rings. The molecule has 1 N–H and O–H groups in total. The van der Waals surface area contributed by atoms with Gasteiger partial charge in [-0.25, -0.2) is 4.79 Å². The van der Waals surface area contributed by atoms with Crippen LogP contribution in [0.5, 0.6) is 0 Å². The smallest absolute Gasteiger partial charge is 0.408 e. The van der Waals surface area contributed by atoms with Crippen molar-refractivity contribution in [1.82, 2.24) is 5.32 Å². The summed E-state index contributed by atoms with van der Waals surface area (Å²) in [5.74, 6) is -2.66. The summed E-state index contributed by atoms with van der Waals surface area (Å²) in [6.07, 6.45) is 4.75. The van der Waals surface area contributed by atoms with Gasteiger partial charge in [-0.1, -0.05) is 60.7 Å². The molecule has 1 amide bonds. The van der Waals surface area contributed by atoms with Crippen molar-refractivity contribution in [3.05, 3.63) is 71.8 Å². The maximum atomic E-state index is 15.5. The SMILES string of the molecule is CCOC(=O)C(CP(=O)(OC12CC3CC(CC(C3)C1)C2)C(Cc1ccccc1)NC(=O)OCc1ccccc1)C(=O)OCC. The number of hydrogen-bond acceptors (Lipinski definition) is 8. The second-order valence-corrected chi connectivity index (χ2v) is 15.2. The van der Waals surface area contributed by atoms with E-state index >= 15 is 4.57 Å². The predicted octanol–water partition coefficient (Wildman–Crippen LogP) is 6.49. The van der Waals surface area contributed by atoms with Gasteiger partial charge in [0.05, 0.1) is 25.0 Å². The lowest BCUT2D eigenvalue weighted by Crippen LogP contribution is -2.53. The van der Waals surface area contributed by atoms with Crippen molar-refractivity contribution in [3.8, 4) is 0 Å². The molecule has 44 heavy (non-hydrogen) atoms. The summed E-state index contributed by atoms with van der Waals surface area (Å²) in [5, 5.41) is 2.85. The first-order valence-corrected chi connectivity index (χ1v) is 17.7. The monoisotopic (exact) mass is 625 g/mol. The molecule has 2 aromatic rings. The van der Waals surface area contributed by atoms with Crippen LogP contribution in [0.25, 0.3) is 0 Å². The number of benzene rings is 2. The third kappa shape index (κ3) is 7.91. The fourth-order valence-electron chi connectivity index (χ4n) is 7.71. The van der Waals surface area contributed by atoms with Crippen molar-refractivity contribution >= 4 is 25.4 Å². The number of ether oxygens (including phenoxy) is 3. The molecule has 4 fully saturated rings. The average Bonchev–Trinajstić information content (AvgIpc) is 2.99. The van der Waals surface area contributed by atoms with E-state index in [1.807, 2.05) is 60.7 Å². The third-order valence-electron chi connectivity index (χ3n) is 9.15. The number of amides is 1. The minimum absolute atomic E-state index is 0.0269. The fourth-order valence-corrected chi connectivity index (χ4v) is 10.6. The number of alkyl carbamates (subject to hydrolysis) is 1. The lowest BCUT2D eigenvalue weighted by Gasteiger charge is -2.57. The van der Waals surface area contributed by atoms with Crippen LogP contribution in [0.1, 0.15) is 63.5 Å². The number of esters is 2. The van der Waals surface area contributed by atoms with Gasteiger partial charge in [0.15, 0.2) is 5.92 Å². The van der Waals surface area contributed by atoms with E-state index in [1.54, 1.807) is 13.8 Å². The van der Waals surface area contributed by atoms with E-state index in [0.717, 1.165) is 49.7 Å². The Bertz CT molecular complexity index is 1280. The molecule has 9 nitrogen and oxygen atoms in total. The molecule has 4 aliphatic carbocycles. The zero-order chi connectivity index (χ0) is 31.2. The lowest BCUT2D eigenvalue weighted by molar-refractivity contribution is -0.160. The summed E-state index contributed by atoms with van der Waals surface area (Å²) in [5.41, 5.74) is 0.988. The van der Waals surface area contributed by atoms with Crippen molar-refractivity contribution in [2.75, 3.05) is 19.4 Å². The summed E-state index contributed by atoms with van der Waals surface area (Å²) >= 11 is 0. The Morgan fingerprint density at radius 3 is 1.80 bits per heavy atom. The molecule has 0 spiro atoms. The Morgan fingerprint density at radius 2 is 1.30 bits per heavy atom. The molecular formula is C34H44NO8P. The number of nitrogens with one attached hydrogen (secondary N) is 1. The topological polar surface area (TPSA) is 117 Å². The van der Waals surface area contributed by atoms with Gasteiger partial charge in [-0.3, -0.25) is 14.2 Å². The molecule has 6 rings (SSSR count). The van der Waals surface area contributed by atoms with Crippen LogP contribution in [0.3, 0.4) is 0 Å². The maximum Gasteiger partial charge on any atom is 0.408 e. The van der Waals surface area contributed by atoms with Crippen molar-refractivity contribution in [2.24, 2.45) is 23.7 Å². The van der Waals surface area contributed by atoms with E-state index in [9.17, 15) is 14.4 Å². The van der Waals surface area contributed by atoms with E-state index in [-0.39, 0.29) is 26.2 Å². The fraction of sp³-hybridized carbons (Fsp3) is 0.559. The first-order chi connectivity index (χ1) is 21.2. The average molecular weight is 626 g/mol. The minimum Gasteiger partial charge on any atom is -0.465 e. The van der Waals surface area contributed by atoms with E-state index in [2.05, 4.69) is 5.32 Å². The quantitative estimate of drug-likeness (QED) is 0.110. The molecule has 2 aromatic carbocycles. The van der Waals surface area contributed by atoms with Crippen LogP contribution in [0.4, 0.5) is 4.79 Å². The second kappa shape index (κ2) is 14.3. The predicted molar refractivity (Wildman–Crippen MR) is 165 cm³/mol. The van der Waals surface area contributed by atoms with Gasteiger partial charge in [-0.15, -0.1) is 0 Å². The number of hydrogen-bond donors (Lipinski definition) is 1. The highest BCUT2D eigenvalue weighted by Gasteiger charge is 2.56. The highest BCUT2D eigenvalue weighted by Crippen LogP contribution is 2.65. The van der Waals surface area contributed by atoms with Crippen LogP contribution < -0.4 is 5.32 Å². The Kier molecular flexibility index (Phi) is 10.5. The molecular weight excluding hydrogens is 581 g/mol. The molecule has 2 unspecified atom stereocenters. The Hall–Kier alpha value is -3.16. The van der Waals surface area contributed by atoms with Crippen LogP contribution in [0.2, 0.25) is 0 Å². The lowest BCUT2D eigenvalue weighted by atomic mass is 9.54. The molecule has 10 heteroatoms. The number of carbonyl (C=O) groups excluding carboxylic acids is 3. The van der Waals surface area contributed by atoms with Gasteiger partial charge in [0.1, 0.15) is 12.4 Å². The Balaban J connectivity index is 1.49. The Labute approximate surface area is 259 Å². The van der Waals surface area contributed by atoms with Crippen LogP contribution >= 0.6 is 7.37 Å². The molecule has 2 atom stereocenters. The normalized spacial score (nSPS) is 25.6. The van der Waals surface area contributed by atoms with Crippen LogP contribution in [0, 0.1) is 23.7 Å². The van der Waals surface area contributed by atoms with E-state index in [0.29, 0.717) is 17.8 Å². The van der Waals surface area contributed by atoms with Gasteiger partial charge in [0, 0.05) is 6.42 Å². The minimum atomic E-state index is -4.02. The largest absolute Gasteiger partial charge is 0.465 e. The number of carbonyl (C=O) groups is 3. The van der Waals surface area contributed by atoms with Crippen molar-refractivity contribution in [2.45, 2.75) is 76.8 Å². The summed E-state index contributed by atoms with van der Waals surface area (Å²) in [7, 11) is -4.02. The second-order valence-electron chi connectivity index (χ2n) is 12.6. The zero-order valence-electron chi connectivity index (χ0n) is 25.7. The molecule has 4 bridgehead atoms. The molecule has 238 valence electrons. The molecule has 4 saturated carbocycles. The van der Waals surface area contributed by atoms with Gasteiger partial charge >= 0.3 is 18.0 Å². The first kappa shape index (κ1) is 32.2. The van der Waals surface area contributed by atoms with Crippen LogP contribution in [-0.4, -0.2) is 48.8 Å². The Morgan fingerprint density at radius 1 is 0.795 bits per heavy atom. The summed E-state index contributed by atoms with van der Waals surface area (Å²) in [6, 6.07) is 18.7. The van der Waals surface area contributed by atoms with Crippen LogP contribution in [-0.2, 0) is 45.9 Å². The molecule has 0 radical (unpaired) electrons. The van der Waals surface area contributed by atoms with E-state index in [1.165, 1.54) is 0 Å². The molecule has 0 saturated heterocycles. The van der Waals surface area contributed by atoms with Gasteiger partial charge in [0.25, 0.3) is 0 Å². The molecule has 0 aliphatic heterocycles. The standard InChI is InChI=1S/C34H44NO8P/c1-3-40-31(36)29(32(37)41-4-2)23-44(39,43-34-19-26-15-27(20-34)17-28(16-26)21-34)30(18-24-11-7-5-8-12-24)35-33(38)42-22-25-13-9-6-10-14-25/h5-14,26-30H,3-4,15-23H2,1-2H3,(H,35,38). The summed E-state index contributed by atoms with van der Waals surface area (Å²) < 4.78 is 38.5. The maximum absolute atomic E-state index is 15.5.